The smallest absolute Gasteiger partial charge is 0.409 e. The molecule has 0 saturated carbocycles. The van der Waals surface area contributed by atoms with Gasteiger partial charge in [-0.25, -0.2) is 4.79 Å². The molecule has 1 rings (SSSR count). The number of carbonyl (C=O) groups is 1. The summed E-state index contributed by atoms with van der Waals surface area (Å²) < 4.78 is 10.0. The minimum atomic E-state index is -0.229. The van der Waals surface area contributed by atoms with Crippen molar-refractivity contribution in [3.63, 3.8) is 0 Å². The molecule has 1 fully saturated rings. The van der Waals surface area contributed by atoms with Gasteiger partial charge in [0.15, 0.2) is 0 Å². The van der Waals surface area contributed by atoms with Crippen LogP contribution in [0, 0.1) is 6.61 Å². The van der Waals surface area contributed by atoms with E-state index in [1.54, 1.807) is 11.5 Å². The van der Waals surface area contributed by atoms with Gasteiger partial charge in [0.2, 0.25) is 0 Å². The van der Waals surface area contributed by atoms with E-state index < -0.39 is 0 Å². The maximum absolute atomic E-state index is 11.3. The van der Waals surface area contributed by atoms with Gasteiger partial charge in [-0.2, -0.15) is 0 Å². The minimum Gasteiger partial charge on any atom is -0.449 e. The standard InChI is InChI=1S/C9H16NO3/c1-2-3-6-13-9(11)10-4-7-12-8-5-10/h7H,2-6,8H2,1H3. The first-order chi connectivity index (χ1) is 6.34. The maximum atomic E-state index is 11.3. The fourth-order valence-electron chi connectivity index (χ4n) is 1.04. The Balaban J connectivity index is 2.13. The van der Waals surface area contributed by atoms with Crippen LogP contribution < -0.4 is 0 Å². The van der Waals surface area contributed by atoms with Crippen molar-refractivity contribution in [3.8, 4) is 0 Å². The van der Waals surface area contributed by atoms with Gasteiger partial charge >= 0.3 is 6.09 Å². The van der Waals surface area contributed by atoms with E-state index in [-0.39, 0.29) is 6.09 Å². The van der Waals surface area contributed by atoms with Gasteiger partial charge in [0, 0.05) is 6.54 Å². The Hall–Kier alpha value is -0.770. The average molecular weight is 186 g/mol. The average Bonchev–Trinajstić information content (AvgIpc) is 2.19. The molecule has 1 heterocycles. The molecule has 4 heteroatoms. The van der Waals surface area contributed by atoms with Crippen LogP contribution in [-0.4, -0.2) is 37.3 Å². The molecule has 1 aliphatic rings. The van der Waals surface area contributed by atoms with Crippen LogP contribution in [0.3, 0.4) is 0 Å². The summed E-state index contributed by atoms with van der Waals surface area (Å²) in [6, 6.07) is 0. The van der Waals surface area contributed by atoms with Gasteiger partial charge in [0.05, 0.1) is 19.8 Å². The molecule has 1 radical (unpaired) electrons. The van der Waals surface area contributed by atoms with Crippen molar-refractivity contribution < 1.29 is 14.3 Å². The lowest BCUT2D eigenvalue weighted by atomic mass is 10.4. The number of amides is 1. The van der Waals surface area contributed by atoms with Crippen molar-refractivity contribution in [3.05, 3.63) is 6.61 Å². The highest BCUT2D eigenvalue weighted by atomic mass is 16.6. The summed E-state index contributed by atoms with van der Waals surface area (Å²) in [4.78, 5) is 12.9. The van der Waals surface area contributed by atoms with Gasteiger partial charge in [0.1, 0.15) is 6.61 Å². The van der Waals surface area contributed by atoms with Gasteiger partial charge in [-0.05, 0) is 6.42 Å². The third-order valence-corrected chi connectivity index (χ3v) is 1.87. The van der Waals surface area contributed by atoms with Crippen LogP contribution in [0.4, 0.5) is 4.79 Å². The van der Waals surface area contributed by atoms with E-state index in [0.717, 1.165) is 12.8 Å². The largest absolute Gasteiger partial charge is 0.449 e. The van der Waals surface area contributed by atoms with E-state index in [9.17, 15) is 4.79 Å². The number of rotatable bonds is 3. The number of unbranched alkanes of at least 4 members (excludes halogenated alkanes) is 1. The van der Waals surface area contributed by atoms with Crippen molar-refractivity contribution >= 4 is 6.09 Å². The van der Waals surface area contributed by atoms with E-state index in [4.69, 9.17) is 9.47 Å². The first-order valence-corrected chi connectivity index (χ1v) is 4.69. The Morgan fingerprint density at radius 2 is 2.54 bits per heavy atom. The Morgan fingerprint density at radius 1 is 1.69 bits per heavy atom. The van der Waals surface area contributed by atoms with Gasteiger partial charge in [-0.15, -0.1) is 0 Å². The normalized spacial score (nSPS) is 17.2. The third kappa shape index (κ3) is 3.63. The van der Waals surface area contributed by atoms with Gasteiger partial charge in [-0.1, -0.05) is 13.3 Å². The fraction of sp³-hybridized carbons (Fsp3) is 0.778. The van der Waals surface area contributed by atoms with Crippen molar-refractivity contribution in [1.29, 1.82) is 0 Å². The van der Waals surface area contributed by atoms with E-state index in [1.807, 2.05) is 0 Å². The molecule has 0 spiro atoms. The zero-order valence-corrected chi connectivity index (χ0v) is 7.99. The monoisotopic (exact) mass is 186 g/mol. The quantitative estimate of drug-likeness (QED) is 0.626. The Kier molecular flexibility index (Phi) is 4.60. The van der Waals surface area contributed by atoms with Crippen LogP contribution in [0.1, 0.15) is 19.8 Å². The Bertz CT molecular complexity index is 155. The first kappa shape index (κ1) is 10.3. The molecule has 0 aromatic heterocycles. The van der Waals surface area contributed by atoms with E-state index in [2.05, 4.69) is 6.92 Å². The zero-order chi connectivity index (χ0) is 9.52. The minimum absolute atomic E-state index is 0.229. The van der Waals surface area contributed by atoms with Crippen LogP contribution in [-0.2, 0) is 9.47 Å². The van der Waals surface area contributed by atoms with Crippen molar-refractivity contribution in [2.24, 2.45) is 0 Å². The van der Waals surface area contributed by atoms with Crippen LogP contribution in [0.2, 0.25) is 0 Å². The molecule has 1 aliphatic heterocycles. The summed E-state index contributed by atoms with van der Waals surface area (Å²) in [5.74, 6) is 0. The number of hydrogen-bond acceptors (Lipinski definition) is 3. The second kappa shape index (κ2) is 5.80. The SMILES string of the molecule is CCCCOC(=O)N1C[CH]OCC1. The van der Waals surface area contributed by atoms with Crippen LogP contribution in [0.15, 0.2) is 0 Å². The fourth-order valence-corrected chi connectivity index (χ4v) is 1.04. The predicted molar refractivity (Wildman–Crippen MR) is 48.1 cm³/mol. The second-order valence-corrected chi connectivity index (χ2v) is 2.95. The van der Waals surface area contributed by atoms with Gasteiger partial charge in [-0.3, -0.25) is 0 Å². The van der Waals surface area contributed by atoms with E-state index in [1.165, 1.54) is 0 Å². The van der Waals surface area contributed by atoms with Gasteiger partial charge in [0.25, 0.3) is 0 Å². The zero-order valence-electron chi connectivity index (χ0n) is 7.99. The van der Waals surface area contributed by atoms with E-state index in [0.29, 0.717) is 26.3 Å². The Labute approximate surface area is 78.8 Å². The molecular formula is C9H16NO3. The highest BCUT2D eigenvalue weighted by molar-refractivity contribution is 5.67. The number of ether oxygens (including phenoxy) is 2. The molecule has 1 amide bonds. The van der Waals surface area contributed by atoms with Crippen molar-refractivity contribution in [1.82, 2.24) is 4.90 Å². The van der Waals surface area contributed by atoms with Crippen molar-refractivity contribution in [2.45, 2.75) is 19.8 Å². The summed E-state index contributed by atoms with van der Waals surface area (Å²) in [7, 11) is 0. The molecule has 1 saturated heterocycles. The van der Waals surface area contributed by atoms with Crippen LogP contribution in [0.25, 0.3) is 0 Å². The highest BCUT2D eigenvalue weighted by Gasteiger charge is 2.17. The molecule has 0 aromatic rings. The van der Waals surface area contributed by atoms with Crippen LogP contribution in [0.5, 0.6) is 0 Å². The third-order valence-electron chi connectivity index (χ3n) is 1.87. The topological polar surface area (TPSA) is 38.8 Å². The van der Waals surface area contributed by atoms with Gasteiger partial charge < -0.3 is 14.4 Å². The van der Waals surface area contributed by atoms with Crippen LogP contribution >= 0.6 is 0 Å². The summed E-state index contributed by atoms with van der Waals surface area (Å²) in [5, 5.41) is 0. The number of carbonyl (C=O) groups excluding carboxylic acids is 1. The number of nitrogens with zero attached hydrogens (tertiary/aromatic N) is 1. The molecule has 4 nitrogen and oxygen atoms in total. The summed E-state index contributed by atoms with van der Waals surface area (Å²) in [6.07, 6.45) is 1.75. The van der Waals surface area contributed by atoms with E-state index >= 15 is 0 Å². The summed E-state index contributed by atoms with van der Waals surface area (Å²) in [5.41, 5.74) is 0. The number of hydrogen-bond donors (Lipinski definition) is 0. The lowest BCUT2D eigenvalue weighted by Crippen LogP contribution is -2.39. The molecule has 75 valence electrons. The second-order valence-electron chi connectivity index (χ2n) is 2.95. The lowest BCUT2D eigenvalue weighted by Gasteiger charge is -2.25. The molecule has 0 bridgehead atoms. The highest BCUT2D eigenvalue weighted by Crippen LogP contribution is 2.03. The number of morpholine rings is 1. The van der Waals surface area contributed by atoms with Crippen molar-refractivity contribution in [2.75, 3.05) is 26.3 Å². The molecule has 13 heavy (non-hydrogen) atoms. The lowest BCUT2D eigenvalue weighted by molar-refractivity contribution is 0.0566. The molecule has 0 N–H and O–H groups in total. The molecule has 0 unspecified atom stereocenters. The molecular weight excluding hydrogens is 170 g/mol. The molecule has 0 aromatic carbocycles. The molecule has 0 aliphatic carbocycles. The predicted octanol–water partition coefficient (Wildman–Crippen LogP) is 1.42. The molecule has 0 atom stereocenters. The maximum Gasteiger partial charge on any atom is 0.409 e. The summed E-state index contributed by atoms with van der Waals surface area (Å²) >= 11 is 0. The Morgan fingerprint density at radius 3 is 3.15 bits per heavy atom. The first-order valence-electron chi connectivity index (χ1n) is 4.69. The summed E-state index contributed by atoms with van der Waals surface area (Å²) in [6.45, 7) is 5.95.